The number of nitrogens with two attached hydrogens (primary N) is 1. The highest BCUT2D eigenvalue weighted by Crippen LogP contribution is 2.31. The summed E-state index contributed by atoms with van der Waals surface area (Å²) in [5.74, 6) is 1.54. The van der Waals surface area contributed by atoms with E-state index in [1.54, 1.807) is 6.07 Å². The molecular formula is C15H20ClNOS. The molecular weight excluding hydrogens is 278 g/mol. The Morgan fingerprint density at radius 3 is 2.95 bits per heavy atom. The number of hydrogen-bond donors (Lipinski definition) is 1. The van der Waals surface area contributed by atoms with Gasteiger partial charge in [-0.25, -0.2) is 0 Å². The second kappa shape index (κ2) is 6.58. The second-order valence-electron chi connectivity index (χ2n) is 5.19. The van der Waals surface area contributed by atoms with Crippen molar-refractivity contribution in [2.45, 2.75) is 45.1 Å². The molecule has 0 bridgehead atoms. The van der Waals surface area contributed by atoms with Crippen LogP contribution < -0.4 is 10.5 Å². The van der Waals surface area contributed by atoms with Crippen molar-refractivity contribution >= 4 is 28.8 Å². The summed E-state index contributed by atoms with van der Waals surface area (Å²) >= 11 is 11.0. The molecule has 2 N–H and O–H groups in total. The molecule has 0 spiro atoms. The molecule has 2 nitrogen and oxygen atoms in total. The second-order valence-corrected chi connectivity index (χ2v) is 6.06. The lowest BCUT2D eigenvalue weighted by atomic mass is 9.85. The van der Waals surface area contributed by atoms with Crippen LogP contribution in [-0.2, 0) is 0 Å². The molecule has 19 heavy (non-hydrogen) atoms. The first-order chi connectivity index (χ1) is 9.10. The van der Waals surface area contributed by atoms with Crippen LogP contribution in [0.2, 0.25) is 5.02 Å². The fourth-order valence-electron chi connectivity index (χ4n) is 2.70. The summed E-state index contributed by atoms with van der Waals surface area (Å²) in [7, 11) is 0. The average Bonchev–Trinajstić information content (AvgIpc) is 2.41. The van der Waals surface area contributed by atoms with E-state index in [-0.39, 0.29) is 6.10 Å². The number of halogens is 1. The van der Waals surface area contributed by atoms with E-state index in [4.69, 9.17) is 34.3 Å². The van der Waals surface area contributed by atoms with Crippen molar-refractivity contribution in [3.8, 4) is 5.75 Å². The van der Waals surface area contributed by atoms with Crippen LogP contribution in [0.3, 0.4) is 0 Å². The van der Waals surface area contributed by atoms with Crippen molar-refractivity contribution in [1.82, 2.24) is 0 Å². The van der Waals surface area contributed by atoms with Gasteiger partial charge in [-0.15, -0.1) is 0 Å². The summed E-state index contributed by atoms with van der Waals surface area (Å²) in [5, 5.41) is 0.630. The Balaban J connectivity index is 2.12. The molecule has 104 valence electrons. The highest BCUT2D eigenvalue weighted by atomic mass is 35.5. The normalized spacial score (nSPS) is 23.1. The van der Waals surface area contributed by atoms with E-state index in [1.165, 1.54) is 19.3 Å². The number of benzene rings is 1. The van der Waals surface area contributed by atoms with E-state index >= 15 is 0 Å². The van der Waals surface area contributed by atoms with Crippen molar-refractivity contribution in [3.05, 3.63) is 28.8 Å². The van der Waals surface area contributed by atoms with Crippen molar-refractivity contribution in [3.63, 3.8) is 0 Å². The van der Waals surface area contributed by atoms with E-state index in [9.17, 15) is 0 Å². The number of ether oxygens (including phenoxy) is 1. The Kier molecular flexibility index (Phi) is 5.06. The Hall–Kier alpha value is -0.800. The molecule has 0 heterocycles. The highest BCUT2D eigenvalue weighted by molar-refractivity contribution is 7.80. The molecule has 0 aromatic heterocycles. The molecule has 1 saturated carbocycles. The quantitative estimate of drug-likeness (QED) is 0.841. The van der Waals surface area contributed by atoms with E-state index in [0.29, 0.717) is 10.0 Å². The Morgan fingerprint density at radius 1 is 1.47 bits per heavy atom. The van der Waals surface area contributed by atoms with Crippen molar-refractivity contribution in [1.29, 1.82) is 0 Å². The molecule has 0 amide bonds. The summed E-state index contributed by atoms with van der Waals surface area (Å²) in [5.41, 5.74) is 6.47. The third-order valence-corrected chi connectivity index (χ3v) is 4.27. The van der Waals surface area contributed by atoms with Gasteiger partial charge in [-0.3, -0.25) is 0 Å². The first-order valence-corrected chi connectivity index (χ1v) is 7.64. The molecule has 2 rings (SSSR count). The van der Waals surface area contributed by atoms with Crippen molar-refractivity contribution in [2.75, 3.05) is 0 Å². The molecule has 4 heteroatoms. The number of thiocarbonyl (C=S) groups is 1. The SMILES string of the molecule is CCC1CCCC(Oc2ccc(Cl)cc2C(N)=S)C1. The molecule has 0 saturated heterocycles. The van der Waals surface area contributed by atoms with Gasteiger partial charge in [0.25, 0.3) is 0 Å². The lowest BCUT2D eigenvalue weighted by Crippen LogP contribution is -2.26. The molecule has 1 aliphatic rings. The van der Waals surface area contributed by atoms with Gasteiger partial charge in [0, 0.05) is 5.02 Å². The lowest BCUT2D eigenvalue weighted by molar-refractivity contribution is 0.122. The van der Waals surface area contributed by atoms with E-state index in [1.807, 2.05) is 12.1 Å². The van der Waals surface area contributed by atoms with Crippen LogP contribution >= 0.6 is 23.8 Å². The van der Waals surface area contributed by atoms with Crippen LogP contribution in [0.15, 0.2) is 18.2 Å². The monoisotopic (exact) mass is 297 g/mol. The molecule has 1 fully saturated rings. The largest absolute Gasteiger partial charge is 0.490 e. The summed E-state index contributed by atoms with van der Waals surface area (Å²) < 4.78 is 6.11. The standard InChI is InChI=1S/C15H20ClNOS/c1-2-10-4-3-5-12(8-10)18-14-7-6-11(16)9-13(14)15(17)19/h6-7,9-10,12H,2-5,8H2,1H3,(H2,17,19). The minimum Gasteiger partial charge on any atom is -0.490 e. The lowest BCUT2D eigenvalue weighted by Gasteiger charge is -2.29. The van der Waals surface area contributed by atoms with Gasteiger partial charge in [0.05, 0.1) is 11.7 Å². The Bertz CT molecular complexity index is 463. The summed E-state index contributed by atoms with van der Waals surface area (Å²) in [6, 6.07) is 5.46. The molecule has 1 aromatic carbocycles. The van der Waals surface area contributed by atoms with Gasteiger partial charge in [0.2, 0.25) is 0 Å². The first-order valence-electron chi connectivity index (χ1n) is 6.86. The third-order valence-electron chi connectivity index (χ3n) is 3.81. The topological polar surface area (TPSA) is 35.2 Å². The number of rotatable bonds is 4. The average molecular weight is 298 g/mol. The molecule has 0 aliphatic heterocycles. The third kappa shape index (κ3) is 3.83. The molecule has 2 atom stereocenters. The van der Waals surface area contributed by atoms with Crippen LogP contribution in [0.1, 0.15) is 44.6 Å². The molecule has 0 radical (unpaired) electrons. The van der Waals surface area contributed by atoms with E-state index in [0.717, 1.165) is 30.1 Å². The van der Waals surface area contributed by atoms with Gasteiger partial charge < -0.3 is 10.5 Å². The smallest absolute Gasteiger partial charge is 0.129 e. The minimum atomic E-state index is 0.271. The molecule has 1 aliphatic carbocycles. The van der Waals surface area contributed by atoms with Crippen LogP contribution in [0, 0.1) is 5.92 Å². The van der Waals surface area contributed by atoms with Crippen LogP contribution in [-0.4, -0.2) is 11.1 Å². The molecule has 2 unspecified atom stereocenters. The summed E-state index contributed by atoms with van der Waals surface area (Å²) in [6.07, 6.45) is 6.28. The van der Waals surface area contributed by atoms with E-state index in [2.05, 4.69) is 6.92 Å². The predicted molar refractivity (Wildman–Crippen MR) is 84.0 cm³/mol. The zero-order valence-electron chi connectivity index (χ0n) is 11.2. The van der Waals surface area contributed by atoms with Gasteiger partial charge >= 0.3 is 0 Å². The zero-order chi connectivity index (χ0) is 13.8. The van der Waals surface area contributed by atoms with Crippen LogP contribution in [0.5, 0.6) is 5.75 Å². The van der Waals surface area contributed by atoms with Crippen LogP contribution in [0.25, 0.3) is 0 Å². The van der Waals surface area contributed by atoms with Crippen LogP contribution in [0.4, 0.5) is 0 Å². The fourth-order valence-corrected chi connectivity index (χ4v) is 3.03. The Morgan fingerprint density at radius 2 is 2.26 bits per heavy atom. The summed E-state index contributed by atoms with van der Waals surface area (Å²) in [4.78, 5) is 0.334. The highest BCUT2D eigenvalue weighted by Gasteiger charge is 2.23. The minimum absolute atomic E-state index is 0.271. The van der Waals surface area contributed by atoms with E-state index < -0.39 is 0 Å². The van der Waals surface area contributed by atoms with Crippen molar-refractivity contribution in [2.24, 2.45) is 11.7 Å². The maximum atomic E-state index is 6.11. The predicted octanol–water partition coefficient (Wildman–Crippen LogP) is 4.32. The fraction of sp³-hybridized carbons (Fsp3) is 0.533. The molecule has 1 aromatic rings. The van der Waals surface area contributed by atoms with Gasteiger partial charge in [0.15, 0.2) is 0 Å². The first kappa shape index (κ1) is 14.6. The van der Waals surface area contributed by atoms with Gasteiger partial charge in [-0.2, -0.15) is 0 Å². The Labute approximate surface area is 125 Å². The van der Waals surface area contributed by atoms with Gasteiger partial charge in [0.1, 0.15) is 10.7 Å². The van der Waals surface area contributed by atoms with Crippen molar-refractivity contribution < 1.29 is 4.74 Å². The number of hydrogen-bond acceptors (Lipinski definition) is 2. The summed E-state index contributed by atoms with van der Waals surface area (Å²) in [6.45, 7) is 2.25. The maximum Gasteiger partial charge on any atom is 0.129 e. The zero-order valence-corrected chi connectivity index (χ0v) is 12.8. The van der Waals surface area contributed by atoms with Gasteiger partial charge in [-0.05, 0) is 43.4 Å². The van der Waals surface area contributed by atoms with Gasteiger partial charge in [-0.1, -0.05) is 43.6 Å². The maximum absolute atomic E-state index is 6.11.